The summed E-state index contributed by atoms with van der Waals surface area (Å²) in [4.78, 5) is 10.8. The van der Waals surface area contributed by atoms with Crippen LogP contribution in [-0.4, -0.2) is 32.1 Å². The molecule has 0 radical (unpaired) electrons. The van der Waals surface area contributed by atoms with Crippen molar-refractivity contribution >= 4 is 33.5 Å². The molecular formula is C11H15ClN2O4S. The van der Waals surface area contributed by atoms with Gasteiger partial charge in [-0.15, -0.1) is 0 Å². The highest BCUT2D eigenvalue weighted by Crippen LogP contribution is 2.21. The van der Waals surface area contributed by atoms with Gasteiger partial charge in [0.25, 0.3) is 0 Å². The number of carboxylic acid groups (broad SMARTS) is 1. The number of carboxylic acids is 1. The lowest BCUT2D eigenvalue weighted by atomic mass is 10.3. The predicted octanol–water partition coefficient (Wildman–Crippen LogP) is 1.47. The first kappa shape index (κ1) is 15.7. The molecule has 19 heavy (non-hydrogen) atoms. The number of halogens is 1. The molecule has 0 aliphatic heterocycles. The van der Waals surface area contributed by atoms with Gasteiger partial charge in [0.2, 0.25) is 0 Å². The minimum Gasteiger partial charge on any atom is -0.480 e. The molecule has 0 bridgehead atoms. The van der Waals surface area contributed by atoms with Crippen molar-refractivity contribution in [1.29, 1.82) is 0 Å². The first-order chi connectivity index (χ1) is 8.72. The Bertz CT molecular complexity index is 560. The summed E-state index contributed by atoms with van der Waals surface area (Å²) in [5.41, 5.74) is 0.197. The lowest BCUT2D eigenvalue weighted by Crippen LogP contribution is -2.46. The number of anilines is 1. The molecule has 1 aromatic carbocycles. The number of nitrogens with zero attached hydrogens (tertiary/aromatic N) is 1. The van der Waals surface area contributed by atoms with Gasteiger partial charge >= 0.3 is 16.2 Å². The van der Waals surface area contributed by atoms with Crippen molar-refractivity contribution in [2.24, 2.45) is 0 Å². The largest absolute Gasteiger partial charge is 0.480 e. The van der Waals surface area contributed by atoms with Gasteiger partial charge in [-0.1, -0.05) is 17.7 Å². The van der Waals surface area contributed by atoms with Crippen LogP contribution >= 0.6 is 11.6 Å². The Hall–Kier alpha value is -1.31. The molecule has 0 spiro atoms. The number of aliphatic carboxylic acids is 1. The van der Waals surface area contributed by atoms with E-state index in [4.69, 9.17) is 16.7 Å². The van der Waals surface area contributed by atoms with Gasteiger partial charge in [0.15, 0.2) is 0 Å². The van der Waals surface area contributed by atoms with Crippen LogP contribution in [0.5, 0.6) is 0 Å². The molecule has 0 aliphatic rings. The van der Waals surface area contributed by atoms with E-state index < -0.39 is 22.7 Å². The smallest absolute Gasteiger partial charge is 0.324 e. The third kappa shape index (κ3) is 4.70. The minimum atomic E-state index is -3.94. The Balaban J connectivity index is 3.18. The topological polar surface area (TPSA) is 86.7 Å². The zero-order valence-corrected chi connectivity index (χ0v) is 12.1. The summed E-state index contributed by atoms with van der Waals surface area (Å²) >= 11 is 5.79. The summed E-state index contributed by atoms with van der Waals surface area (Å²) in [6.07, 6.45) is 0. The molecule has 0 saturated heterocycles. The fourth-order valence-electron chi connectivity index (χ4n) is 1.43. The molecule has 0 saturated carbocycles. The second kappa shape index (κ2) is 6.23. The fourth-order valence-corrected chi connectivity index (χ4v) is 3.01. The third-order valence-electron chi connectivity index (χ3n) is 2.05. The maximum absolute atomic E-state index is 12.1. The maximum Gasteiger partial charge on any atom is 0.324 e. The van der Waals surface area contributed by atoms with Crippen molar-refractivity contribution in [3.05, 3.63) is 29.3 Å². The number of carbonyl (C=O) groups is 1. The number of nitrogens with one attached hydrogen (secondary N) is 1. The zero-order valence-electron chi connectivity index (χ0n) is 10.5. The molecule has 0 heterocycles. The van der Waals surface area contributed by atoms with Crippen LogP contribution in [0.4, 0.5) is 5.69 Å². The van der Waals surface area contributed by atoms with Gasteiger partial charge in [-0.2, -0.15) is 13.1 Å². The van der Waals surface area contributed by atoms with Crippen molar-refractivity contribution in [2.45, 2.75) is 19.9 Å². The highest BCUT2D eigenvalue weighted by atomic mass is 35.5. The molecule has 0 aromatic heterocycles. The molecule has 0 fully saturated rings. The van der Waals surface area contributed by atoms with Crippen LogP contribution in [0.3, 0.4) is 0 Å². The Morgan fingerprint density at radius 1 is 1.47 bits per heavy atom. The first-order valence-electron chi connectivity index (χ1n) is 5.49. The summed E-state index contributed by atoms with van der Waals surface area (Å²) in [5, 5.41) is 9.17. The lowest BCUT2D eigenvalue weighted by molar-refractivity contribution is -0.135. The van der Waals surface area contributed by atoms with E-state index in [0.29, 0.717) is 5.02 Å². The number of benzene rings is 1. The van der Waals surface area contributed by atoms with Crippen molar-refractivity contribution in [3.8, 4) is 0 Å². The molecule has 0 amide bonds. The van der Waals surface area contributed by atoms with Gasteiger partial charge < -0.3 is 5.11 Å². The molecule has 6 nitrogen and oxygen atoms in total. The van der Waals surface area contributed by atoms with Crippen LogP contribution in [0, 0.1) is 0 Å². The summed E-state index contributed by atoms with van der Waals surface area (Å²) in [7, 11) is -3.94. The number of hydrogen-bond donors (Lipinski definition) is 2. The summed E-state index contributed by atoms with van der Waals surface area (Å²) in [6.45, 7) is 2.62. The lowest BCUT2D eigenvalue weighted by Gasteiger charge is -2.24. The van der Waals surface area contributed by atoms with Crippen LogP contribution in [-0.2, 0) is 15.0 Å². The van der Waals surface area contributed by atoms with Crippen molar-refractivity contribution < 1.29 is 18.3 Å². The Kier molecular flexibility index (Phi) is 5.16. The third-order valence-corrected chi connectivity index (χ3v) is 3.97. The van der Waals surface area contributed by atoms with Gasteiger partial charge in [0.1, 0.15) is 6.54 Å². The zero-order chi connectivity index (χ0) is 14.6. The van der Waals surface area contributed by atoms with Gasteiger partial charge in [-0.25, -0.2) is 4.31 Å². The van der Waals surface area contributed by atoms with E-state index in [-0.39, 0.29) is 11.7 Å². The minimum absolute atomic E-state index is 0.197. The van der Waals surface area contributed by atoms with Crippen LogP contribution in [0.25, 0.3) is 0 Å². The highest BCUT2D eigenvalue weighted by Gasteiger charge is 2.25. The standard InChI is InChI=1S/C11H15ClN2O4S/c1-8(2)13-19(17,18)14(7-11(15)16)10-5-3-4-9(12)6-10/h3-6,8,13H,7H2,1-2H3,(H,15,16). The van der Waals surface area contributed by atoms with Crippen LogP contribution in [0.2, 0.25) is 5.02 Å². The van der Waals surface area contributed by atoms with Gasteiger partial charge in [0, 0.05) is 11.1 Å². The van der Waals surface area contributed by atoms with E-state index in [1.165, 1.54) is 12.1 Å². The normalized spacial score (nSPS) is 11.6. The predicted molar refractivity (Wildman–Crippen MR) is 73.6 cm³/mol. The molecular weight excluding hydrogens is 292 g/mol. The average molecular weight is 307 g/mol. The second-order valence-electron chi connectivity index (χ2n) is 4.16. The average Bonchev–Trinajstić information content (AvgIpc) is 2.23. The summed E-state index contributed by atoms with van der Waals surface area (Å²) in [5.74, 6) is -1.26. The molecule has 1 rings (SSSR count). The van der Waals surface area contributed by atoms with Crippen molar-refractivity contribution in [2.75, 3.05) is 10.8 Å². The van der Waals surface area contributed by atoms with Gasteiger partial charge in [0.05, 0.1) is 5.69 Å². The monoisotopic (exact) mass is 306 g/mol. The quantitative estimate of drug-likeness (QED) is 0.833. The maximum atomic E-state index is 12.1. The SMILES string of the molecule is CC(C)NS(=O)(=O)N(CC(=O)O)c1cccc(Cl)c1. The molecule has 1 aromatic rings. The van der Waals surface area contributed by atoms with Gasteiger partial charge in [-0.3, -0.25) is 4.79 Å². The van der Waals surface area contributed by atoms with E-state index in [0.717, 1.165) is 4.31 Å². The number of rotatable bonds is 6. The van der Waals surface area contributed by atoms with Gasteiger partial charge in [-0.05, 0) is 32.0 Å². The van der Waals surface area contributed by atoms with Crippen LogP contribution < -0.4 is 9.03 Å². The number of hydrogen-bond acceptors (Lipinski definition) is 3. The van der Waals surface area contributed by atoms with E-state index in [9.17, 15) is 13.2 Å². The molecule has 0 aliphatic carbocycles. The second-order valence-corrected chi connectivity index (χ2v) is 6.22. The molecule has 0 atom stereocenters. The van der Waals surface area contributed by atoms with Crippen molar-refractivity contribution in [3.63, 3.8) is 0 Å². The van der Waals surface area contributed by atoms with E-state index >= 15 is 0 Å². The van der Waals surface area contributed by atoms with Crippen LogP contribution in [0.15, 0.2) is 24.3 Å². The first-order valence-corrected chi connectivity index (χ1v) is 7.31. The summed E-state index contributed by atoms with van der Waals surface area (Å²) in [6, 6.07) is 5.66. The van der Waals surface area contributed by atoms with E-state index in [1.807, 2.05) is 0 Å². The Morgan fingerprint density at radius 3 is 2.58 bits per heavy atom. The molecule has 106 valence electrons. The Morgan fingerprint density at radius 2 is 2.11 bits per heavy atom. The molecule has 0 unspecified atom stereocenters. The summed E-state index contributed by atoms with van der Waals surface area (Å²) < 4.78 is 27.3. The van der Waals surface area contributed by atoms with Crippen molar-refractivity contribution in [1.82, 2.24) is 4.72 Å². The van der Waals surface area contributed by atoms with E-state index in [1.54, 1.807) is 26.0 Å². The fraction of sp³-hybridized carbons (Fsp3) is 0.364. The highest BCUT2D eigenvalue weighted by molar-refractivity contribution is 7.90. The molecule has 2 N–H and O–H groups in total. The van der Waals surface area contributed by atoms with Crippen LogP contribution in [0.1, 0.15) is 13.8 Å². The Labute approximate surface area is 117 Å². The van der Waals surface area contributed by atoms with E-state index in [2.05, 4.69) is 4.72 Å². The molecule has 8 heteroatoms.